The van der Waals surface area contributed by atoms with E-state index in [0.717, 1.165) is 21.3 Å². The molecule has 0 unspecified atom stereocenters. The molecule has 0 saturated carbocycles. The number of halogens is 2. The largest absolute Gasteiger partial charge is 0.480 e. The number of rotatable bonds is 7. The second-order valence-corrected chi connectivity index (χ2v) is 9.03. The summed E-state index contributed by atoms with van der Waals surface area (Å²) in [4.78, 5) is 29.6. The predicted octanol–water partition coefficient (Wildman–Crippen LogP) is 2.11. The Labute approximate surface area is 220 Å². The van der Waals surface area contributed by atoms with Gasteiger partial charge in [0.25, 0.3) is 5.56 Å². The smallest absolute Gasteiger partial charge is 0.338 e. The maximum absolute atomic E-state index is 14.7. The molecule has 13 heteroatoms. The zero-order valence-corrected chi connectivity index (χ0v) is 21.3. The molecule has 0 aliphatic rings. The van der Waals surface area contributed by atoms with Crippen LogP contribution in [0.3, 0.4) is 0 Å². The highest BCUT2D eigenvalue weighted by atomic mass is 19.1. The molecule has 0 spiro atoms. The van der Waals surface area contributed by atoms with Crippen LogP contribution in [-0.2, 0) is 13.1 Å². The van der Waals surface area contributed by atoms with Crippen molar-refractivity contribution in [1.29, 1.82) is 0 Å². The van der Waals surface area contributed by atoms with E-state index in [9.17, 15) is 18.4 Å². The van der Waals surface area contributed by atoms with E-state index in [4.69, 9.17) is 10.5 Å². The Morgan fingerprint density at radius 3 is 2.26 bits per heavy atom. The molecule has 0 aliphatic heterocycles. The van der Waals surface area contributed by atoms with Crippen molar-refractivity contribution >= 4 is 16.7 Å². The molecule has 11 nitrogen and oxygen atoms in total. The Morgan fingerprint density at radius 1 is 0.974 bits per heavy atom. The molecule has 200 valence electrons. The van der Waals surface area contributed by atoms with E-state index in [2.05, 4.69) is 15.3 Å². The summed E-state index contributed by atoms with van der Waals surface area (Å²) in [7, 11) is 5.02. The van der Waals surface area contributed by atoms with Crippen molar-refractivity contribution in [1.82, 2.24) is 34.0 Å². The second-order valence-electron chi connectivity index (χ2n) is 9.03. The summed E-state index contributed by atoms with van der Waals surface area (Å²) in [5, 5.41) is 12.5. The van der Waals surface area contributed by atoms with Crippen molar-refractivity contribution in [2.45, 2.75) is 13.1 Å². The SMILES string of the molecule is COc1ccc(-n2c(=O)c3c(CN(C)C)n(-c4ccc(N)cc4)nc3n(Cc3c(F)cccc3F)c2=O)nn1. The molecule has 0 fully saturated rings. The van der Waals surface area contributed by atoms with E-state index in [0.29, 0.717) is 17.1 Å². The lowest BCUT2D eigenvalue weighted by atomic mass is 10.2. The van der Waals surface area contributed by atoms with E-state index in [1.54, 1.807) is 24.3 Å². The van der Waals surface area contributed by atoms with Gasteiger partial charge in [-0.1, -0.05) is 6.07 Å². The topological polar surface area (TPSA) is 126 Å². The van der Waals surface area contributed by atoms with Crippen molar-refractivity contribution in [2.75, 3.05) is 26.9 Å². The van der Waals surface area contributed by atoms with Crippen molar-refractivity contribution in [3.63, 3.8) is 0 Å². The molecule has 3 heterocycles. The summed E-state index contributed by atoms with van der Waals surface area (Å²) in [5.41, 5.74) is 5.40. The van der Waals surface area contributed by atoms with Gasteiger partial charge in [0.1, 0.15) is 17.0 Å². The van der Waals surface area contributed by atoms with Gasteiger partial charge in [-0.3, -0.25) is 9.36 Å². The lowest BCUT2D eigenvalue weighted by Gasteiger charge is -2.14. The second kappa shape index (κ2) is 10.1. The Hall–Kier alpha value is -4.91. The molecule has 5 rings (SSSR count). The van der Waals surface area contributed by atoms with Crippen LogP contribution in [-0.4, -0.2) is 55.2 Å². The molecular weight excluding hydrogens is 510 g/mol. The Bertz CT molecular complexity index is 1770. The molecule has 3 aromatic heterocycles. The van der Waals surface area contributed by atoms with Gasteiger partial charge in [0, 0.05) is 23.9 Å². The molecule has 2 aromatic carbocycles. The minimum Gasteiger partial charge on any atom is -0.480 e. The number of benzene rings is 2. The molecule has 0 saturated heterocycles. The average Bonchev–Trinajstić information content (AvgIpc) is 3.27. The first-order chi connectivity index (χ1) is 18.7. The first-order valence-corrected chi connectivity index (χ1v) is 11.8. The van der Waals surface area contributed by atoms with Crippen LogP contribution < -0.4 is 21.7 Å². The van der Waals surface area contributed by atoms with Crippen LogP contribution in [0.1, 0.15) is 11.3 Å². The number of nitrogens with two attached hydrogens (primary N) is 1. The van der Waals surface area contributed by atoms with Gasteiger partial charge in [-0.15, -0.1) is 15.3 Å². The number of anilines is 1. The number of aromatic nitrogens is 6. The van der Waals surface area contributed by atoms with Gasteiger partial charge in [0.2, 0.25) is 5.88 Å². The van der Waals surface area contributed by atoms with Gasteiger partial charge in [-0.2, -0.15) is 0 Å². The highest BCUT2D eigenvalue weighted by Gasteiger charge is 2.25. The number of fused-ring (bicyclic) bond motifs is 1. The standard InChI is InChI=1S/C26H24F2N8O3/c1-33(2)14-20-23-24(32-36(20)16-9-7-15(29)8-10-16)34(13-17-18(27)5-4-6-19(17)28)26(38)35(25(23)37)21-11-12-22(39-3)31-30-21/h4-12H,13-14,29H2,1-3H3. The van der Waals surface area contributed by atoms with Crippen LogP contribution in [0.5, 0.6) is 5.88 Å². The predicted molar refractivity (Wildman–Crippen MR) is 140 cm³/mol. The fourth-order valence-corrected chi connectivity index (χ4v) is 4.26. The zero-order chi connectivity index (χ0) is 27.8. The number of nitrogen functional groups attached to an aromatic ring is 1. The molecule has 0 bridgehead atoms. The minimum atomic E-state index is -0.895. The van der Waals surface area contributed by atoms with E-state index >= 15 is 0 Å². The van der Waals surface area contributed by atoms with Gasteiger partial charge in [0.15, 0.2) is 11.5 Å². The highest BCUT2D eigenvalue weighted by molar-refractivity contribution is 5.79. The molecule has 0 radical (unpaired) electrons. The fourth-order valence-electron chi connectivity index (χ4n) is 4.26. The molecule has 5 aromatic rings. The van der Waals surface area contributed by atoms with E-state index < -0.39 is 29.4 Å². The van der Waals surface area contributed by atoms with Crippen molar-refractivity contribution in [3.8, 4) is 17.4 Å². The Balaban J connectivity index is 1.89. The average molecular weight is 535 g/mol. The van der Waals surface area contributed by atoms with E-state index in [1.807, 2.05) is 19.0 Å². The van der Waals surface area contributed by atoms with Gasteiger partial charge in [-0.25, -0.2) is 22.8 Å². The van der Waals surface area contributed by atoms with Gasteiger partial charge in [0.05, 0.1) is 25.0 Å². The summed E-state index contributed by atoms with van der Waals surface area (Å²) >= 11 is 0. The maximum atomic E-state index is 14.7. The van der Waals surface area contributed by atoms with Gasteiger partial charge in [-0.05, 0) is 56.6 Å². The summed E-state index contributed by atoms with van der Waals surface area (Å²) in [6, 6.07) is 13.0. The lowest BCUT2D eigenvalue weighted by molar-refractivity contribution is 0.391. The number of hydrogen-bond acceptors (Lipinski definition) is 8. The third-order valence-corrected chi connectivity index (χ3v) is 6.10. The first-order valence-electron chi connectivity index (χ1n) is 11.8. The molecule has 39 heavy (non-hydrogen) atoms. The monoisotopic (exact) mass is 534 g/mol. The molecule has 0 atom stereocenters. The summed E-state index contributed by atoms with van der Waals surface area (Å²) in [6.07, 6.45) is 0. The van der Waals surface area contributed by atoms with Crippen molar-refractivity contribution < 1.29 is 13.5 Å². The first kappa shape index (κ1) is 25.7. The zero-order valence-electron chi connectivity index (χ0n) is 21.3. The summed E-state index contributed by atoms with van der Waals surface area (Å²) in [5.74, 6) is -1.61. The van der Waals surface area contributed by atoms with Crippen LogP contribution >= 0.6 is 0 Å². The number of nitrogens with zero attached hydrogens (tertiary/aromatic N) is 7. The third kappa shape index (κ3) is 4.63. The van der Waals surface area contributed by atoms with Crippen molar-refractivity contribution in [2.24, 2.45) is 0 Å². The van der Waals surface area contributed by atoms with Gasteiger partial charge < -0.3 is 15.4 Å². The lowest BCUT2D eigenvalue weighted by Crippen LogP contribution is -2.40. The van der Waals surface area contributed by atoms with Crippen molar-refractivity contribution in [3.05, 3.63) is 98.3 Å². The quantitative estimate of drug-likeness (QED) is 0.315. The highest BCUT2D eigenvalue weighted by Crippen LogP contribution is 2.23. The van der Waals surface area contributed by atoms with Gasteiger partial charge >= 0.3 is 5.69 Å². The minimum absolute atomic E-state index is 0.0425. The summed E-state index contributed by atoms with van der Waals surface area (Å²) in [6.45, 7) is -0.283. The number of methoxy groups -OCH3 is 1. The van der Waals surface area contributed by atoms with Crippen LogP contribution in [0.15, 0.2) is 64.2 Å². The van der Waals surface area contributed by atoms with Crippen LogP contribution in [0, 0.1) is 11.6 Å². The molecule has 0 amide bonds. The van der Waals surface area contributed by atoms with Crippen LogP contribution in [0.25, 0.3) is 22.5 Å². The number of ether oxygens (including phenoxy) is 1. The van der Waals surface area contributed by atoms with E-state index in [1.165, 1.54) is 30.0 Å². The van der Waals surface area contributed by atoms with E-state index in [-0.39, 0.29) is 34.8 Å². The normalized spacial score (nSPS) is 11.4. The number of hydrogen-bond donors (Lipinski definition) is 1. The fraction of sp³-hybridized carbons (Fsp3) is 0.192. The maximum Gasteiger partial charge on any atom is 0.338 e. The van der Waals surface area contributed by atoms with Crippen LogP contribution in [0.4, 0.5) is 14.5 Å². The Morgan fingerprint density at radius 2 is 1.67 bits per heavy atom. The third-order valence-electron chi connectivity index (χ3n) is 6.10. The molecule has 0 aliphatic carbocycles. The van der Waals surface area contributed by atoms with Crippen LogP contribution in [0.2, 0.25) is 0 Å². The molecular formula is C26H24F2N8O3. The molecule has 2 N–H and O–H groups in total. The Kier molecular flexibility index (Phi) is 6.66. The summed E-state index contributed by atoms with van der Waals surface area (Å²) < 4.78 is 37.8.